The molecule has 200 valence electrons. The lowest BCUT2D eigenvalue weighted by Crippen LogP contribution is -2.35. The quantitative estimate of drug-likeness (QED) is 0.284. The van der Waals surface area contributed by atoms with Crippen molar-refractivity contribution in [3.05, 3.63) is 86.5 Å². The van der Waals surface area contributed by atoms with Crippen molar-refractivity contribution in [1.82, 2.24) is 30.1 Å². The molecular formula is C28H28N6O4S. The molecule has 5 heterocycles. The van der Waals surface area contributed by atoms with E-state index in [1.54, 1.807) is 17.6 Å². The number of benzene rings is 1. The van der Waals surface area contributed by atoms with Gasteiger partial charge >= 0.3 is 0 Å². The summed E-state index contributed by atoms with van der Waals surface area (Å²) in [6, 6.07) is 13.3. The zero-order valence-electron chi connectivity index (χ0n) is 21.3. The summed E-state index contributed by atoms with van der Waals surface area (Å²) in [5.74, 6) is 2.75. The molecular weight excluding hydrogens is 516 g/mol. The molecule has 4 aromatic heterocycles. The number of pyridine rings is 1. The number of furan rings is 1. The molecule has 0 bridgehead atoms. The first-order valence-corrected chi connectivity index (χ1v) is 14.1. The summed E-state index contributed by atoms with van der Waals surface area (Å²) in [5.41, 5.74) is 1.06. The van der Waals surface area contributed by atoms with Gasteiger partial charge in [0.1, 0.15) is 11.8 Å². The molecule has 0 saturated heterocycles. The Morgan fingerprint density at radius 2 is 1.95 bits per heavy atom. The molecule has 0 amide bonds. The number of aromatic amines is 1. The fourth-order valence-electron chi connectivity index (χ4n) is 5.73. The van der Waals surface area contributed by atoms with Crippen LogP contribution in [0.15, 0.2) is 63.3 Å². The number of aromatic nitrogens is 5. The minimum Gasteiger partial charge on any atom is -0.468 e. The molecule has 7 rings (SSSR count). The zero-order chi connectivity index (χ0) is 26.2. The molecule has 5 aromatic rings. The fourth-order valence-corrected chi connectivity index (χ4v) is 6.45. The number of H-pyrrole nitrogens is 1. The number of hydrogen-bond acceptors (Lipinski definition) is 9. The highest BCUT2D eigenvalue weighted by atomic mass is 32.1. The molecule has 1 saturated carbocycles. The molecule has 1 N–H and O–H groups in total. The van der Waals surface area contributed by atoms with Crippen molar-refractivity contribution in [3.63, 3.8) is 0 Å². The van der Waals surface area contributed by atoms with E-state index < -0.39 is 6.04 Å². The van der Waals surface area contributed by atoms with E-state index in [-0.39, 0.29) is 18.4 Å². The maximum Gasteiger partial charge on any atom is 0.253 e. The first kappa shape index (κ1) is 24.1. The van der Waals surface area contributed by atoms with Gasteiger partial charge in [0, 0.05) is 28.4 Å². The number of nitrogens with one attached hydrogen (secondary N) is 1. The second-order valence-electron chi connectivity index (χ2n) is 10.1. The van der Waals surface area contributed by atoms with Crippen molar-refractivity contribution < 1.29 is 13.9 Å². The van der Waals surface area contributed by atoms with Crippen molar-refractivity contribution in [3.8, 4) is 11.5 Å². The summed E-state index contributed by atoms with van der Waals surface area (Å²) < 4.78 is 18.9. The SMILES string of the molecule is O=c1[nH]c2cc3c(cc2cc1C(c1nnnn1C1CCCCC1)N(Cc1ccco1)Cc1cccs1)OCO3. The number of tetrazole rings is 1. The third kappa shape index (κ3) is 4.72. The Hall–Kier alpha value is -3.96. The van der Waals surface area contributed by atoms with Gasteiger partial charge in [-0.25, -0.2) is 4.68 Å². The van der Waals surface area contributed by atoms with Crippen LogP contribution in [0.1, 0.15) is 66.2 Å². The monoisotopic (exact) mass is 544 g/mol. The summed E-state index contributed by atoms with van der Waals surface area (Å²) in [6.07, 6.45) is 7.22. The maximum absolute atomic E-state index is 13.8. The number of rotatable bonds is 8. The van der Waals surface area contributed by atoms with E-state index in [1.165, 1.54) is 11.3 Å². The molecule has 39 heavy (non-hydrogen) atoms. The van der Waals surface area contributed by atoms with Crippen LogP contribution in [0.2, 0.25) is 0 Å². The summed E-state index contributed by atoms with van der Waals surface area (Å²) in [6.45, 7) is 1.24. The van der Waals surface area contributed by atoms with E-state index >= 15 is 0 Å². The van der Waals surface area contributed by atoms with Crippen LogP contribution in [0.3, 0.4) is 0 Å². The maximum atomic E-state index is 13.8. The van der Waals surface area contributed by atoms with E-state index in [4.69, 9.17) is 13.9 Å². The van der Waals surface area contributed by atoms with Crippen molar-refractivity contribution in [1.29, 1.82) is 0 Å². The van der Waals surface area contributed by atoms with Gasteiger partial charge in [-0.2, -0.15) is 0 Å². The summed E-state index contributed by atoms with van der Waals surface area (Å²) in [5, 5.41) is 16.1. The number of hydrogen-bond donors (Lipinski definition) is 1. The molecule has 1 unspecified atom stereocenters. The van der Waals surface area contributed by atoms with Gasteiger partial charge in [0.2, 0.25) is 6.79 Å². The highest BCUT2D eigenvalue weighted by Gasteiger charge is 2.34. The van der Waals surface area contributed by atoms with Crippen molar-refractivity contribution in [2.45, 2.75) is 57.3 Å². The Kier molecular flexibility index (Phi) is 6.37. The van der Waals surface area contributed by atoms with Gasteiger partial charge < -0.3 is 18.9 Å². The van der Waals surface area contributed by atoms with Crippen LogP contribution in [-0.4, -0.2) is 36.9 Å². The normalized spacial score (nSPS) is 16.3. The predicted molar refractivity (Wildman–Crippen MR) is 145 cm³/mol. The molecule has 0 radical (unpaired) electrons. The lowest BCUT2D eigenvalue weighted by atomic mass is 9.95. The van der Waals surface area contributed by atoms with Crippen LogP contribution in [0.5, 0.6) is 11.5 Å². The van der Waals surface area contributed by atoms with E-state index in [1.807, 2.05) is 41.1 Å². The minimum absolute atomic E-state index is 0.166. The van der Waals surface area contributed by atoms with Crippen molar-refractivity contribution in [2.24, 2.45) is 0 Å². The number of thiophene rings is 1. The van der Waals surface area contributed by atoms with E-state index in [9.17, 15) is 4.79 Å². The lowest BCUT2D eigenvalue weighted by molar-refractivity contribution is 0.174. The van der Waals surface area contributed by atoms with Crippen LogP contribution >= 0.6 is 11.3 Å². The first-order valence-electron chi connectivity index (χ1n) is 13.3. The molecule has 11 heteroatoms. The van der Waals surface area contributed by atoms with Crippen molar-refractivity contribution >= 4 is 22.2 Å². The topological polar surface area (TPSA) is 111 Å². The smallest absolute Gasteiger partial charge is 0.253 e. The third-order valence-corrected chi connectivity index (χ3v) is 8.45. The van der Waals surface area contributed by atoms with Crippen LogP contribution in [0.4, 0.5) is 0 Å². The average molecular weight is 545 g/mol. The summed E-state index contributed by atoms with van der Waals surface area (Å²) in [7, 11) is 0. The Bertz CT molecular complexity index is 1590. The molecule has 1 atom stereocenters. The number of nitrogens with zero attached hydrogens (tertiary/aromatic N) is 5. The largest absolute Gasteiger partial charge is 0.468 e. The van der Waals surface area contributed by atoms with Gasteiger partial charge in [0.25, 0.3) is 5.56 Å². The van der Waals surface area contributed by atoms with E-state index in [0.717, 1.165) is 36.8 Å². The Morgan fingerprint density at radius 3 is 2.74 bits per heavy atom. The molecule has 1 aromatic carbocycles. The van der Waals surface area contributed by atoms with Crippen LogP contribution in [0, 0.1) is 0 Å². The number of ether oxygens (including phenoxy) is 2. The minimum atomic E-state index is -0.521. The van der Waals surface area contributed by atoms with Crippen LogP contribution < -0.4 is 15.0 Å². The Morgan fingerprint density at radius 1 is 1.08 bits per heavy atom. The number of fused-ring (bicyclic) bond motifs is 2. The van der Waals surface area contributed by atoms with E-state index in [2.05, 4.69) is 36.9 Å². The van der Waals surface area contributed by atoms with Gasteiger partial charge in [-0.1, -0.05) is 25.3 Å². The lowest BCUT2D eigenvalue weighted by Gasteiger charge is -2.31. The van der Waals surface area contributed by atoms with E-state index in [0.29, 0.717) is 41.5 Å². The summed E-state index contributed by atoms with van der Waals surface area (Å²) >= 11 is 1.68. The standard InChI is InChI=1S/C28H28N6O4S/c35-28-22(12-18-13-24-25(38-17-37-24)14-23(18)29-28)26(27-30-31-32-34(27)19-6-2-1-3-7-19)33(15-20-8-4-10-36-20)16-21-9-5-11-39-21/h4-5,8-14,19,26H,1-3,6-7,15-17H2,(H,29,35). The summed E-state index contributed by atoms with van der Waals surface area (Å²) in [4.78, 5) is 20.3. The Labute approximate surface area is 228 Å². The fraction of sp³-hybridized carbons (Fsp3) is 0.357. The van der Waals surface area contributed by atoms with Gasteiger partial charge in [0.05, 0.1) is 24.4 Å². The second-order valence-corrected chi connectivity index (χ2v) is 11.1. The van der Waals surface area contributed by atoms with Gasteiger partial charge in [-0.05, 0) is 59.0 Å². The molecule has 1 aliphatic heterocycles. The molecule has 0 spiro atoms. The van der Waals surface area contributed by atoms with Gasteiger partial charge in [-0.15, -0.1) is 16.4 Å². The van der Waals surface area contributed by atoms with Crippen molar-refractivity contribution in [2.75, 3.05) is 6.79 Å². The highest BCUT2D eigenvalue weighted by Crippen LogP contribution is 2.38. The van der Waals surface area contributed by atoms with Crippen LogP contribution in [0.25, 0.3) is 10.9 Å². The third-order valence-electron chi connectivity index (χ3n) is 7.59. The van der Waals surface area contributed by atoms with Crippen LogP contribution in [-0.2, 0) is 13.1 Å². The Balaban J connectivity index is 1.40. The first-order chi connectivity index (χ1) is 19.2. The van der Waals surface area contributed by atoms with Gasteiger partial charge in [-0.3, -0.25) is 9.69 Å². The molecule has 10 nitrogen and oxygen atoms in total. The van der Waals surface area contributed by atoms with Gasteiger partial charge in [0.15, 0.2) is 17.3 Å². The molecule has 1 fully saturated rings. The second kappa shape index (κ2) is 10.3. The zero-order valence-corrected chi connectivity index (χ0v) is 22.1. The molecule has 1 aliphatic carbocycles. The predicted octanol–water partition coefficient (Wildman–Crippen LogP) is 5.19. The highest BCUT2D eigenvalue weighted by molar-refractivity contribution is 7.09. The average Bonchev–Trinajstić information content (AvgIpc) is 3.77. The molecule has 2 aliphatic rings.